The molecular formula is C20H18N4O2. The number of hydrogen-bond acceptors (Lipinski definition) is 4. The minimum Gasteiger partial charge on any atom is -0.464 e. The highest BCUT2D eigenvalue weighted by molar-refractivity contribution is 5.96. The van der Waals surface area contributed by atoms with Gasteiger partial charge in [-0.15, -0.1) is 0 Å². The number of pyridine rings is 1. The first-order valence-corrected chi connectivity index (χ1v) is 8.34. The van der Waals surface area contributed by atoms with E-state index >= 15 is 0 Å². The molecule has 3 heterocycles. The van der Waals surface area contributed by atoms with Crippen LogP contribution >= 0.6 is 0 Å². The lowest BCUT2D eigenvalue weighted by Crippen LogP contribution is -2.16. The molecule has 0 saturated heterocycles. The van der Waals surface area contributed by atoms with Crippen molar-refractivity contribution in [2.45, 2.75) is 20.3 Å². The van der Waals surface area contributed by atoms with Crippen LogP contribution in [0.1, 0.15) is 16.7 Å². The van der Waals surface area contributed by atoms with Crippen LogP contribution in [0.5, 0.6) is 0 Å². The van der Waals surface area contributed by atoms with Crippen molar-refractivity contribution in [3.05, 3.63) is 71.9 Å². The van der Waals surface area contributed by atoms with Gasteiger partial charge < -0.3 is 9.73 Å². The topological polar surface area (TPSA) is 73.0 Å². The van der Waals surface area contributed by atoms with Crippen molar-refractivity contribution in [2.75, 3.05) is 5.32 Å². The number of benzene rings is 1. The van der Waals surface area contributed by atoms with E-state index in [4.69, 9.17) is 4.42 Å². The van der Waals surface area contributed by atoms with Crippen molar-refractivity contribution in [1.29, 1.82) is 0 Å². The van der Waals surface area contributed by atoms with E-state index in [0.717, 1.165) is 22.1 Å². The van der Waals surface area contributed by atoms with Crippen LogP contribution in [0.2, 0.25) is 0 Å². The van der Waals surface area contributed by atoms with Crippen LogP contribution in [0.4, 0.5) is 5.69 Å². The van der Waals surface area contributed by atoms with Gasteiger partial charge in [0.2, 0.25) is 5.91 Å². The van der Waals surface area contributed by atoms with Crippen molar-refractivity contribution >= 4 is 22.6 Å². The second-order valence-electron chi connectivity index (χ2n) is 6.20. The minimum atomic E-state index is -0.132. The largest absolute Gasteiger partial charge is 0.464 e. The smallest absolute Gasteiger partial charge is 0.229 e. The zero-order valence-corrected chi connectivity index (χ0v) is 14.6. The van der Waals surface area contributed by atoms with E-state index in [1.165, 1.54) is 5.56 Å². The Morgan fingerprint density at radius 3 is 2.88 bits per heavy atom. The van der Waals surface area contributed by atoms with Crippen molar-refractivity contribution in [3.63, 3.8) is 0 Å². The number of amides is 1. The van der Waals surface area contributed by atoms with Crippen molar-refractivity contribution < 1.29 is 9.21 Å². The molecule has 0 unspecified atom stereocenters. The SMILES string of the molecule is Cc1ccc2c(CC(=O)Nc3cccnc3-n3cccn3)coc2c1C. The Labute approximate surface area is 150 Å². The fourth-order valence-electron chi connectivity index (χ4n) is 2.96. The van der Waals surface area contributed by atoms with Gasteiger partial charge in [0, 0.05) is 29.5 Å². The lowest BCUT2D eigenvalue weighted by molar-refractivity contribution is -0.115. The standard InChI is InChI=1S/C20H18N4O2/c1-13-6-7-16-15(12-26-19(16)14(13)2)11-18(25)23-17-5-3-8-21-20(17)24-10-4-9-22-24/h3-10,12H,11H2,1-2H3,(H,23,25). The molecule has 1 amide bonds. The number of fused-ring (bicyclic) bond motifs is 1. The van der Waals surface area contributed by atoms with Gasteiger partial charge in [-0.3, -0.25) is 4.79 Å². The average Bonchev–Trinajstić information content (AvgIpc) is 3.29. The normalized spacial score (nSPS) is 11.0. The lowest BCUT2D eigenvalue weighted by Gasteiger charge is -2.09. The zero-order valence-electron chi connectivity index (χ0n) is 14.6. The molecule has 1 aromatic carbocycles. The molecule has 0 aliphatic carbocycles. The molecule has 0 aliphatic rings. The van der Waals surface area contributed by atoms with Crippen LogP contribution in [0.15, 0.2) is 59.6 Å². The van der Waals surface area contributed by atoms with E-state index in [1.807, 2.05) is 38.1 Å². The summed E-state index contributed by atoms with van der Waals surface area (Å²) in [5.74, 6) is 0.446. The molecular weight excluding hydrogens is 328 g/mol. The van der Waals surface area contributed by atoms with E-state index in [1.54, 1.807) is 35.6 Å². The maximum Gasteiger partial charge on any atom is 0.229 e. The highest BCUT2D eigenvalue weighted by Crippen LogP contribution is 2.27. The monoisotopic (exact) mass is 346 g/mol. The van der Waals surface area contributed by atoms with Crippen LogP contribution in [0.3, 0.4) is 0 Å². The summed E-state index contributed by atoms with van der Waals surface area (Å²) in [6.45, 7) is 4.07. The Balaban J connectivity index is 1.59. The number of rotatable bonds is 4. The molecule has 6 nitrogen and oxygen atoms in total. The number of aryl methyl sites for hydroxylation is 2. The summed E-state index contributed by atoms with van der Waals surface area (Å²) in [5, 5.41) is 8.07. The summed E-state index contributed by atoms with van der Waals surface area (Å²) in [5.41, 5.74) is 4.59. The van der Waals surface area contributed by atoms with Gasteiger partial charge in [0.25, 0.3) is 0 Å². The molecule has 0 saturated carbocycles. The number of aromatic nitrogens is 3. The highest BCUT2D eigenvalue weighted by Gasteiger charge is 2.15. The Morgan fingerprint density at radius 1 is 1.19 bits per heavy atom. The molecule has 0 aliphatic heterocycles. The molecule has 0 bridgehead atoms. The first kappa shape index (κ1) is 16.1. The first-order chi connectivity index (χ1) is 12.6. The molecule has 3 aromatic heterocycles. The molecule has 0 fully saturated rings. The number of carbonyl (C=O) groups is 1. The van der Waals surface area contributed by atoms with Gasteiger partial charge in [0.15, 0.2) is 5.82 Å². The fraction of sp³-hybridized carbons (Fsp3) is 0.150. The van der Waals surface area contributed by atoms with Crippen LogP contribution in [0.25, 0.3) is 16.8 Å². The summed E-state index contributed by atoms with van der Waals surface area (Å²) in [6.07, 6.45) is 7.01. The molecule has 4 aromatic rings. The number of anilines is 1. The Morgan fingerprint density at radius 2 is 2.08 bits per heavy atom. The van der Waals surface area contributed by atoms with Gasteiger partial charge in [-0.1, -0.05) is 12.1 Å². The molecule has 0 atom stereocenters. The van der Waals surface area contributed by atoms with Gasteiger partial charge in [-0.2, -0.15) is 5.10 Å². The van der Waals surface area contributed by atoms with Crippen LogP contribution < -0.4 is 5.32 Å². The number of nitrogens with zero attached hydrogens (tertiary/aromatic N) is 3. The summed E-state index contributed by atoms with van der Waals surface area (Å²) in [4.78, 5) is 16.9. The van der Waals surface area contributed by atoms with Gasteiger partial charge in [-0.25, -0.2) is 9.67 Å². The van der Waals surface area contributed by atoms with E-state index < -0.39 is 0 Å². The third kappa shape index (κ3) is 2.86. The van der Waals surface area contributed by atoms with Crippen LogP contribution in [-0.4, -0.2) is 20.7 Å². The maximum atomic E-state index is 12.6. The van der Waals surface area contributed by atoms with Gasteiger partial charge in [0.1, 0.15) is 5.58 Å². The minimum absolute atomic E-state index is 0.132. The Kier molecular flexibility index (Phi) is 4.01. The number of hydrogen-bond donors (Lipinski definition) is 1. The number of nitrogens with one attached hydrogen (secondary N) is 1. The van der Waals surface area contributed by atoms with Gasteiger partial charge >= 0.3 is 0 Å². The molecule has 6 heteroatoms. The van der Waals surface area contributed by atoms with E-state index in [9.17, 15) is 4.79 Å². The molecule has 0 radical (unpaired) electrons. The van der Waals surface area contributed by atoms with Crippen LogP contribution in [0, 0.1) is 13.8 Å². The quantitative estimate of drug-likeness (QED) is 0.610. The summed E-state index contributed by atoms with van der Waals surface area (Å²) in [6, 6.07) is 9.45. The third-order valence-electron chi connectivity index (χ3n) is 4.47. The highest BCUT2D eigenvalue weighted by atomic mass is 16.3. The number of furan rings is 1. The summed E-state index contributed by atoms with van der Waals surface area (Å²) in [7, 11) is 0. The lowest BCUT2D eigenvalue weighted by atomic mass is 10.0. The van der Waals surface area contributed by atoms with Gasteiger partial charge in [-0.05, 0) is 43.2 Å². The summed E-state index contributed by atoms with van der Waals surface area (Å²) < 4.78 is 7.31. The molecule has 26 heavy (non-hydrogen) atoms. The predicted octanol–water partition coefficient (Wildman–Crippen LogP) is 3.81. The molecule has 0 spiro atoms. The molecule has 1 N–H and O–H groups in total. The average molecular weight is 346 g/mol. The van der Waals surface area contributed by atoms with Gasteiger partial charge in [0.05, 0.1) is 18.4 Å². The van der Waals surface area contributed by atoms with E-state index in [0.29, 0.717) is 11.5 Å². The zero-order chi connectivity index (χ0) is 18.1. The number of carbonyl (C=O) groups excluding carboxylic acids is 1. The Bertz CT molecular complexity index is 1080. The second-order valence-corrected chi connectivity index (χ2v) is 6.20. The fourth-order valence-corrected chi connectivity index (χ4v) is 2.96. The van der Waals surface area contributed by atoms with Crippen molar-refractivity contribution in [3.8, 4) is 5.82 Å². The molecule has 4 rings (SSSR count). The second kappa shape index (κ2) is 6.48. The van der Waals surface area contributed by atoms with Crippen molar-refractivity contribution in [2.24, 2.45) is 0 Å². The third-order valence-corrected chi connectivity index (χ3v) is 4.47. The van der Waals surface area contributed by atoms with Crippen LogP contribution in [-0.2, 0) is 11.2 Å². The Hall–Kier alpha value is -3.41. The summed E-state index contributed by atoms with van der Waals surface area (Å²) >= 11 is 0. The molecule has 130 valence electrons. The van der Waals surface area contributed by atoms with Crippen molar-refractivity contribution in [1.82, 2.24) is 14.8 Å². The predicted molar refractivity (Wildman–Crippen MR) is 99.4 cm³/mol. The first-order valence-electron chi connectivity index (χ1n) is 8.34. The van der Waals surface area contributed by atoms with E-state index in [2.05, 4.69) is 15.4 Å². The van der Waals surface area contributed by atoms with E-state index in [-0.39, 0.29) is 12.3 Å². The maximum absolute atomic E-state index is 12.6.